The molecule has 0 amide bonds. The number of esters is 1. The number of aromatic nitrogens is 1. The van der Waals surface area contributed by atoms with Crippen LogP contribution >= 0.6 is 0 Å². The van der Waals surface area contributed by atoms with Gasteiger partial charge in [0.05, 0.1) is 0 Å². The molecule has 0 saturated carbocycles. The summed E-state index contributed by atoms with van der Waals surface area (Å²) in [6.45, 7) is 4.97. The van der Waals surface area contributed by atoms with E-state index in [9.17, 15) is 4.79 Å². The highest BCUT2D eigenvalue weighted by atomic mass is 16.6. The van der Waals surface area contributed by atoms with Gasteiger partial charge in [-0.25, -0.2) is 0 Å². The van der Waals surface area contributed by atoms with Crippen molar-refractivity contribution in [2.24, 2.45) is 0 Å². The number of nitrogens with zero attached hydrogens (tertiary/aromatic N) is 2. The van der Waals surface area contributed by atoms with E-state index in [1.54, 1.807) is 0 Å². The van der Waals surface area contributed by atoms with Gasteiger partial charge in [0.25, 0.3) is 0 Å². The number of benzene rings is 2. The largest absolute Gasteiger partial charge is 0.490 e. The Morgan fingerprint density at radius 3 is 3.00 bits per heavy atom. The Labute approximate surface area is 176 Å². The molecule has 1 aliphatic heterocycles. The minimum absolute atomic E-state index is 0.267. The highest BCUT2D eigenvalue weighted by Gasteiger charge is 2.22. The average Bonchev–Trinajstić information content (AvgIpc) is 3.18. The normalized spacial score (nSPS) is 16.5. The topological polar surface area (TPSA) is 63.7 Å². The van der Waals surface area contributed by atoms with Gasteiger partial charge < -0.3 is 14.8 Å². The number of hydrogen-bond donors (Lipinski definition) is 1. The second kappa shape index (κ2) is 9.59. The quantitative estimate of drug-likeness (QED) is 0.454. The zero-order valence-electron chi connectivity index (χ0n) is 17.2. The predicted octanol–water partition coefficient (Wildman–Crippen LogP) is 3.86. The lowest BCUT2D eigenvalue weighted by molar-refractivity contribution is -0.141. The highest BCUT2D eigenvalue weighted by Crippen LogP contribution is 2.25. The third-order valence-corrected chi connectivity index (χ3v) is 5.27. The van der Waals surface area contributed by atoms with Gasteiger partial charge in [-0.05, 0) is 36.2 Å². The maximum Gasteiger partial charge on any atom is 0.302 e. The van der Waals surface area contributed by atoms with Crippen LogP contribution in [0.25, 0.3) is 10.8 Å². The number of fused-ring (bicyclic) bond motifs is 1. The molecule has 1 N–H and O–H groups in total. The number of carbonyl (C=O) groups excluding carboxylic acids is 1. The van der Waals surface area contributed by atoms with E-state index in [-0.39, 0.29) is 12.6 Å². The molecule has 1 fully saturated rings. The number of hydrogen-bond acceptors (Lipinski definition) is 6. The van der Waals surface area contributed by atoms with Crippen LogP contribution in [0.5, 0.6) is 5.75 Å². The first kappa shape index (κ1) is 20.2. The van der Waals surface area contributed by atoms with Gasteiger partial charge in [-0.2, -0.15) is 0 Å². The minimum Gasteiger partial charge on any atom is -0.490 e. The molecule has 1 aromatic heterocycles. The van der Waals surface area contributed by atoms with Crippen molar-refractivity contribution in [2.45, 2.75) is 25.9 Å². The van der Waals surface area contributed by atoms with Crippen LogP contribution in [0.3, 0.4) is 0 Å². The fourth-order valence-corrected chi connectivity index (χ4v) is 3.90. The van der Waals surface area contributed by atoms with Crippen LogP contribution in [-0.2, 0) is 16.1 Å². The Balaban J connectivity index is 1.31. The SMILES string of the molecule is CC(=O)OCCOc1cccc(CN2CC[C@@H](Nc3cccc4cnccc34)C2)c1. The number of anilines is 1. The van der Waals surface area contributed by atoms with Crippen molar-refractivity contribution in [1.82, 2.24) is 9.88 Å². The molecule has 0 unspecified atom stereocenters. The second-order valence-electron chi connectivity index (χ2n) is 7.60. The summed E-state index contributed by atoms with van der Waals surface area (Å²) < 4.78 is 10.6. The van der Waals surface area contributed by atoms with Gasteiger partial charge in [0, 0.05) is 61.5 Å². The minimum atomic E-state index is -0.287. The Hall–Kier alpha value is -3.12. The van der Waals surface area contributed by atoms with Crippen molar-refractivity contribution in [2.75, 3.05) is 31.6 Å². The Bertz CT molecular complexity index is 1000. The molecule has 4 rings (SSSR count). The van der Waals surface area contributed by atoms with Gasteiger partial charge in [0.2, 0.25) is 0 Å². The second-order valence-corrected chi connectivity index (χ2v) is 7.60. The lowest BCUT2D eigenvalue weighted by Crippen LogP contribution is -2.26. The van der Waals surface area contributed by atoms with E-state index < -0.39 is 0 Å². The van der Waals surface area contributed by atoms with Gasteiger partial charge in [0.15, 0.2) is 0 Å². The van der Waals surface area contributed by atoms with Crippen LogP contribution < -0.4 is 10.1 Å². The Morgan fingerprint density at radius 1 is 1.20 bits per heavy atom. The summed E-state index contributed by atoms with van der Waals surface area (Å²) in [4.78, 5) is 17.5. The molecule has 3 aromatic rings. The third-order valence-electron chi connectivity index (χ3n) is 5.27. The van der Waals surface area contributed by atoms with Gasteiger partial charge in [0.1, 0.15) is 19.0 Å². The molecular formula is C24H27N3O3. The number of pyridine rings is 1. The molecule has 0 radical (unpaired) electrons. The first-order chi connectivity index (χ1) is 14.7. The van der Waals surface area contributed by atoms with Crippen LogP contribution in [0.1, 0.15) is 18.9 Å². The molecule has 156 valence electrons. The van der Waals surface area contributed by atoms with E-state index in [0.717, 1.165) is 37.2 Å². The maximum atomic E-state index is 10.8. The molecule has 0 aliphatic carbocycles. The molecule has 6 heteroatoms. The van der Waals surface area contributed by atoms with E-state index in [1.807, 2.05) is 24.5 Å². The molecule has 1 saturated heterocycles. The van der Waals surface area contributed by atoms with E-state index >= 15 is 0 Å². The number of carbonyl (C=O) groups is 1. The molecule has 30 heavy (non-hydrogen) atoms. The lowest BCUT2D eigenvalue weighted by Gasteiger charge is -2.19. The maximum absolute atomic E-state index is 10.8. The summed E-state index contributed by atoms with van der Waals surface area (Å²) in [6.07, 6.45) is 4.86. The van der Waals surface area contributed by atoms with Crippen LogP contribution in [0.2, 0.25) is 0 Å². The molecule has 0 bridgehead atoms. The first-order valence-corrected chi connectivity index (χ1v) is 10.3. The van der Waals surface area contributed by atoms with Crippen LogP contribution in [0, 0.1) is 0 Å². The van der Waals surface area contributed by atoms with Gasteiger partial charge in [-0.1, -0.05) is 24.3 Å². The average molecular weight is 405 g/mol. The van der Waals surface area contributed by atoms with Crippen molar-refractivity contribution < 1.29 is 14.3 Å². The van der Waals surface area contributed by atoms with Crippen molar-refractivity contribution in [1.29, 1.82) is 0 Å². The van der Waals surface area contributed by atoms with Crippen molar-refractivity contribution in [3.63, 3.8) is 0 Å². The number of likely N-dealkylation sites (tertiary alicyclic amines) is 1. The van der Waals surface area contributed by atoms with E-state index in [0.29, 0.717) is 12.6 Å². The molecule has 1 atom stereocenters. The van der Waals surface area contributed by atoms with Gasteiger partial charge in [-0.3, -0.25) is 14.7 Å². The van der Waals surface area contributed by atoms with Gasteiger partial charge in [-0.15, -0.1) is 0 Å². The van der Waals surface area contributed by atoms with E-state index in [4.69, 9.17) is 9.47 Å². The third kappa shape index (κ3) is 5.27. The lowest BCUT2D eigenvalue weighted by atomic mass is 10.1. The summed E-state index contributed by atoms with van der Waals surface area (Å²) in [7, 11) is 0. The predicted molar refractivity (Wildman–Crippen MR) is 118 cm³/mol. The Kier molecular flexibility index (Phi) is 6.44. The smallest absolute Gasteiger partial charge is 0.302 e. The van der Waals surface area contributed by atoms with Crippen molar-refractivity contribution in [3.8, 4) is 5.75 Å². The number of rotatable bonds is 8. The molecular weight excluding hydrogens is 378 g/mol. The van der Waals surface area contributed by atoms with Crippen molar-refractivity contribution in [3.05, 3.63) is 66.5 Å². The highest BCUT2D eigenvalue weighted by molar-refractivity contribution is 5.93. The molecule has 0 spiro atoms. The zero-order valence-corrected chi connectivity index (χ0v) is 17.2. The van der Waals surface area contributed by atoms with E-state index in [2.05, 4.69) is 51.6 Å². The summed E-state index contributed by atoms with van der Waals surface area (Å²) >= 11 is 0. The summed E-state index contributed by atoms with van der Waals surface area (Å²) in [5, 5.41) is 6.09. The van der Waals surface area contributed by atoms with Crippen LogP contribution in [0.4, 0.5) is 5.69 Å². The fraction of sp³-hybridized carbons (Fsp3) is 0.333. The van der Waals surface area contributed by atoms with E-state index in [1.165, 1.54) is 23.6 Å². The molecule has 1 aliphatic rings. The fourth-order valence-electron chi connectivity index (χ4n) is 3.90. The van der Waals surface area contributed by atoms with Crippen molar-refractivity contribution >= 4 is 22.4 Å². The zero-order chi connectivity index (χ0) is 20.8. The first-order valence-electron chi connectivity index (χ1n) is 10.3. The number of ether oxygens (including phenoxy) is 2. The standard InChI is InChI=1S/C24H27N3O3/c1-18(28)29-12-13-30-22-6-2-4-19(14-22)16-27-11-9-21(17-27)26-24-7-3-5-20-15-25-10-8-23(20)24/h2-8,10,14-15,21,26H,9,11-13,16-17H2,1H3/t21-/m1/s1. The van der Waals surface area contributed by atoms with Crippen LogP contribution in [0.15, 0.2) is 60.9 Å². The molecule has 2 aromatic carbocycles. The molecule has 6 nitrogen and oxygen atoms in total. The number of nitrogens with one attached hydrogen (secondary N) is 1. The monoisotopic (exact) mass is 405 g/mol. The summed E-state index contributed by atoms with van der Waals surface area (Å²) in [5.41, 5.74) is 2.39. The summed E-state index contributed by atoms with van der Waals surface area (Å²) in [5.74, 6) is 0.516. The molecule has 2 heterocycles. The van der Waals surface area contributed by atoms with Crippen LogP contribution in [-0.4, -0.2) is 48.2 Å². The Morgan fingerprint density at radius 2 is 2.10 bits per heavy atom. The van der Waals surface area contributed by atoms with Gasteiger partial charge >= 0.3 is 5.97 Å². The summed E-state index contributed by atoms with van der Waals surface area (Å²) in [6, 6.07) is 16.9.